The fourth-order valence-corrected chi connectivity index (χ4v) is 9.65. The number of aliphatic hydroxyl groups is 1. The van der Waals surface area contributed by atoms with Crippen molar-refractivity contribution in [2.24, 2.45) is 23.7 Å². The van der Waals surface area contributed by atoms with Crippen LogP contribution in [-0.4, -0.2) is 49.5 Å². The maximum atomic E-state index is 12.4. The van der Waals surface area contributed by atoms with E-state index in [9.17, 15) is 24.3 Å². The third-order valence-electron chi connectivity index (χ3n) is 11.8. The van der Waals surface area contributed by atoms with Gasteiger partial charge in [-0.25, -0.2) is 19.2 Å². The van der Waals surface area contributed by atoms with Crippen LogP contribution in [0, 0.1) is 23.7 Å². The van der Waals surface area contributed by atoms with Crippen LogP contribution in [0.3, 0.4) is 0 Å². The molecule has 0 aromatic heterocycles. The molecule has 2 aliphatic heterocycles. The van der Waals surface area contributed by atoms with Crippen molar-refractivity contribution < 1.29 is 38.2 Å². The summed E-state index contributed by atoms with van der Waals surface area (Å²) in [5.74, 6) is -0.818. The Morgan fingerprint density at radius 1 is 0.556 bits per heavy atom. The van der Waals surface area contributed by atoms with E-state index in [1.807, 2.05) is 0 Å². The fourth-order valence-electron chi connectivity index (χ4n) is 8.23. The molecule has 0 aromatic carbocycles. The molecule has 8 nitrogen and oxygen atoms in total. The standard InChI is InChI=1S/C21H34O4Si.C15H20O4/c1-21(2,3)26(4,5)25-16-12-10-15(11-13-16)18-17(14-8-6-7-9-14)19(22)24-20(18)23;16-11-7-5-10(6-8-11)13-12(9-3-1-2-4-9)14(17)19-15(13)18/h14-16H,6-13H2,1-5H3;9-11,16H,1-8H2. The highest BCUT2D eigenvalue weighted by Gasteiger charge is 2.45. The van der Waals surface area contributed by atoms with Gasteiger partial charge in [-0.3, -0.25) is 0 Å². The van der Waals surface area contributed by atoms with E-state index < -0.39 is 20.3 Å². The second-order valence-corrected chi connectivity index (χ2v) is 20.6. The summed E-state index contributed by atoms with van der Waals surface area (Å²) in [6.45, 7) is 11.4. The highest BCUT2D eigenvalue weighted by molar-refractivity contribution is 6.74. The highest BCUT2D eigenvalue weighted by Crippen LogP contribution is 2.45. The molecule has 0 unspecified atom stereocenters. The Labute approximate surface area is 269 Å². The molecule has 0 radical (unpaired) electrons. The van der Waals surface area contributed by atoms with E-state index in [-0.39, 0.29) is 52.9 Å². The molecule has 4 fully saturated rings. The second kappa shape index (κ2) is 13.9. The van der Waals surface area contributed by atoms with Crippen molar-refractivity contribution in [1.82, 2.24) is 0 Å². The minimum Gasteiger partial charge on any atom is -0.414 e. The second-order valence-electron chi connectivity index (χ2n) is 15.8. The molecule has 2 heterocycles. The van der Waals surface area contributed by atoms with Gasteiger partial charge in [0.15, 0.2) is 8.32 Å². The quantitative estimate of drug-likeness (QED) is 0.183. The number of ether oxygens (including phenoxy) is 2. The highest BCUT2D eigenvalue weighted by atomic mass is 28.4. The number of rotatable bonds is 6. The van der Waals surface area contributed by atoms with Gasteiger partial charge in [-0.1, -0.05) is 46.5 Å². The molecular weight excluding hydrogens is 588 g/mol. The van der Waals surface area contributed by atoms with Crippen LogP contribution in [0.15, 0.2) is 22.3 Å². The predicted octanol–water partition coefficient (Wildman–Crippen LogP) is 7.24. The van der Waals surface area contributed by atoms with E-state index >= 15 is 0 Å². The molecule has 0 saturated heterocycles. The van der Waals surface area contributed by atoms with E-state index in [2.05, 4.69) is 33.9 Å². The molecule has 6 aliphatic rings. The van der Waals surface area contributed by atoms with Gasteiger partial charge in [0, 0.05) is 6.10 Å². The van der Waals surface area contributed by atoms with Crippen LogP contribution in [0.4, 0.5) is 0 Å². The molecule has 6 rings (SSSR count). The van der Waals surface area contributed by atoms with Gasteiger partial charge in [-0.2, -0.15) is 0 Å². The molecule has 4 aliphatic carbocycles. The third kappa shape index (κ3) is 7.56. The summed E-state index contributed by atoms with van der Waals surface area (Å²) in [4.78, 5) is 48.5. The van der Waals surface area contributed by atoms with Gasteiger partial charge in [0.25, 0.3) is 0 Å². The summed E-state index contributed by atoms with van der Waals surface area (Å²) < 4.78 is 16.5. The smallest absolute Gasteiger partial charge is 0.342 e. The molecule has 9 heteroatoms. The summed E-state index contributed by atoms with van der Waals surface area (Å²) >= 11 is 0. The number of cyclic esters (lactones) is 4. The first-order valence-corrected chi connectivity index (χ1v) is 20.5. The number of esters is 4. The van der Waals surface area contributed by atoms with Gasteiger partial charge in [0.2, 0.25) is 0 Å². The van der Waals surface area contributed by atoms with Gasteiger partial charge in [0.1, 0.15) is 0 Å². The summed E-state index contributed by atoms with van der Waals surface area (Å²) in [6, 6.07) is 0. The van der Waals surface area contributed by atoms with E-state index in [1.165, 1.54) is 0 Å². The molecule has 250 valence electrons. The third-order valence-corrected chi connectivity index (χ3v) is 16.3. The molecular formula is C36H54O8Si. The normalized spacial score (nSPS) is 30.6. The zero-order chi connectivity index (χ0) is 32.5. The number of hydrogen-bond acceptors (Lipinski definition) is 8. The van der Waals surface area contributed by atoms with E-state index in [1.54, 1.807) is 0 Å². The van der Waals surface area contributed by atoms with Crippen molar-refractivity contribution in [1.29, 1.82) is 0 Å². The zero-order valence-corrected chi connectivity index (χ0v) is 29.1. The predicted molar refractivity (Wildman–Crippen MR) is 172 cm³/mol. The van der Waals surface area contributed by atoms with Crippen molar-refractivity contribution in [3.8, 4) is 0 Å². The first-order chi connectivity index (χ1) is 21.3. The summed E-state index contributed by atoms with van der Waals surface area (Å²) in [6.07, 6.45) is 15.4. The lowest BCUT2D eigenvalue weighted by atomic mass is 9.79. The van der Waals surface area contributed by atoms with Crippen molar-refractivity contribution in [3.63, 3.8) is 0 Å². The van der Waals surface area contributed by atoms with Crippen molar-refractivity contribution in [2.75, 3.05) is 0 Å². The van der Waals surface area contributed by atoms with Crippen molar-refractivity contribution in [3.05, 3.63) is 22.3 Å². The van der Waals surface area contributed by atoms with Gasteiger partial charge in [0.05, 0.1) is 28.4 Å². The zero-order valence-electron chi connectivity index (χ0n) is 28.1. The lowest BCUT2D eigenvalue weighted by molar-refractivity contribution is -0.153. The maximum Gasteiger partial charge on any atom is 0.342 e. The number of carbonyl (C=O) groups excluding carboxylic acids is 4. The van der Waals surface area contributed by atoms with Crippen LogP contribution in [0.25, 0.3) is 0 Å². The molecule has 0 aromatic rings. The molecule has 1 N–H and O–H groups in total. The summed E-state index contributed by atoms with van der Waals surface area (Å²) in [7, 11) is -1.76. The topological polar surface area (TPSA) is 116 Å². The monoisotopic (exact) mass is 642 g/mol. The van der Waals surface area contributed by atoms with Crippen LogP contribution in [-0.2, 0) is 33.1 Å². The number of carbonyl (C=O) groups is 4. The van der Waals surface area contributed by atoms with Gasteiger partial charge >= 0.3 is 23.9 Å². The van der Waals surface area contributed by atoms with Crippen molar-refractivity contribution >= 4 is 32.2 Å². The minimum atomic E-state index is -1.76. The molecule has 0 amide bonds. The van der Waals surface area contributed by atoms with Crippen LogP contribution in [0.5, 0.6) is 0 Å². The Morgan fingerprint density at radius 2 is 0.867 bits per heavy atom. The number of hydrogen-bond donors (Lipinski definition) is 1. The Bertz CT molecular complexity index is 1210. The van der Waals surface area contributed by atoms with E-state index in [0.717, 1.165) is 95.5 Å². The lowest BCUT2D eigenvalue weighted by Gasteiger charge is -2.41. The maximum absolute atomic E-state index is 12.4. The molecule has 45 heavy (non-hydrogen) atoms. The van der Waals surface area contributed by atoms with E-state index in [4.69, 9.17) is 13.9 Å². The summed E-state index contributed by atoms with van der Waals surface area (Å²) in [5.41, 5.74) is 2.75. The van der Waals surface area contributed by atoms with Crippen LogP contribution >= 0.6 is 0 Å². The summed E-state index contributed by atoms with van der Waals surface area (Å²) in [5, 5.41) is 9.78. The average Bonchev–Trinajstić information content (AvgIpc) is 3.77. The molecule has 0 atom stereocenters. The Hall–Kier alpha value is -2.10. The average molecular weight is 643 g/mol. The first kappa shape index (κ1) is 34.2. The minimum absolute atomic E-state index is 0.109. The van der Waals surface area contributed by atoms with Gasteiger partial charge in [-0.15, -0.1) is 0 Å². The van der Waals surface area contributed by atoms with Crippen LogP contribution in [0.2, 0.25) is 18.1 Å². The molecule has 0 spiro atoms. The van der Waals surface area contributed by atoms with E-state index in [0.29, 0.717) is 29.6 Å². The Balaban J connectivity index is 0.000000186. The molecule has 4 saturated carbocycles. The Morgan fingerprint density at radius 3 is 1.20 bits per heavy atom. The fraction of sp³-hybridized carbons (Fsp3) is 0.778. The van der Waals surface area contributed by atoms with Crippen LogP contribution in [0.1, 0.15) is 124 Å². The number of aliphatic hydroxyl groups excluding tert-OH is 1. The Kier molecular flexibility index (Phi) is 10.6. The largest absolute Gasteiger partial charge is 0.414 e. The van der Waals surface area contributed by atoms with Gasteiger partial charge < -0.3 is 19.0 Å². The lowest BCUT2D eigenvalue weighted by Crippen LogP contribution is -2.44. The SMILES string of the molecule is CC(C)(C)[Si](C)(C)OC1CCC(C2=C(C3CCCC3)C(=O)OC2=O)CC1.O=C1OC(=O)C(C2CCC(O)CC2)=C1C1CCCC1. The van der Waals surface area contributed by atoms with Crippen LogP contribution < -0.4 is 0 Å². The molecule has 0 bridgehead atoms. The van der Waals surface area contributed by atoms with Gasteiger partial charge in [-0.05, 0) is 119 Å². The first-order valence-electron chi connectivity index (χ1n) is 17.6. The van der Waals surface area contributed by atoms with Crippen molar-refractivity contribution in [2.45, 2.75) is 154 Å².